The summed E-state index contributed by atoms with van der Waals surface area (Å²) in [5, 5.41) is 0. The lowest BCUT2D eigenvalue weighted by molar-refractivity contribution is -0.138. The molecule has 0 atom stereocenters. The lowest BCUT2D eigenvalue weighted by atomic mass is 10.2. The molecule has 2 aromatic carbocycles. The molecular weight excluding hydrogens is 395 g/mol. The van der Waals surface area contributed by atoms with Crippen LogP contribution in [-0.2, 0) is 16.1 Å². The van der Waals surface area contributed by atoms with Crippen LogP contribution in [0, 0.1) is 5.82 Å². The second kappa shape index (κ2) is 7.57. The first-order valence-corrected chi connectivity index (χ1v) is 8.12. The van der Waals surface area contributed by atoms with E-state index in [-0.39, 0.29) is 19.1 Å². The number of methoxy groups -OCH3 is 1. The van der Waals surface area contributed by atoms with Gasteiger partial charge in [0.2, 0.25) is 6.79 Å². The molecule has 0 saturated carbocycles. The van der Waals surface area contributed by atoms with E-state index in [1.807, 2.05) is 0 Å². The van der Waals surface area contributed by atoms with Gasteiger partial charge in [-0.1, -0.05) is 22.0 Å². The van der Waals surface area contributed by atoms with E-state index in [9.17, 15) is 9.18 Å². The topological polar surface area (TPSA) is 54.0 Å². The van der Waals surface area contributed by atoms with Gasteiger partial charge in [0.05, 0.1) is 7.11 Å². The van der Waals surface area contributed by atoms with Crippen LogP contribution in [0.5, 0.6) is 17.2 Å². The average Bonchev–Trinajstić information content (AvgIpc) is 3.05. The number of hydrogen-bond acceptors (Lipinski definition) is 5. The monoisotopic (exact) mass is 408 g/mol. The quantitative estimate of drug-likeness (QED) is 0.550. The molecule has 0 aliphatic carbocycles. The zero-order valence-corrected chi connectivity index (χ0v) is 14.8. The number of carbonyl (C=O) groups is 1. The second-order valence-corrected chi connectivity index (χ2v) is 5.99. The minimum atomic E-state index is -0.541. The number of halogens is 2. The second-order valence-electron chi connectivity index (χ2n) is 5.13. The van der Waals surface area contributed by atoms with Crippen LogP contribution in [0.15, 0.2) is 40.9 Å². The van der Waals surface area contributed by atoms with E-state index in [2.05, 4.69) is 15.9 Å². The number of rotatable bonds is 5. The maximum absolute atomic E-state index is 13.6. The van der Waals surface area contributed by atoms with Gasteiger partial charge in [-0.25, -0.2) is 9.18 Å². The molecule has 1 aliphatic heterocycles. The van der Waals surface area contributed by atoms with Gasteiger partial charge in [-0.15, -0.1) is 0 Å². The van der Waals surface area contributed by atoms with E-state index < -0.39 is 11.8 Å². The van der Waals surface area contributed by atoms with Crippen molar-refractivity contribution in [3.05, 3.63) is 57.8 Å². The Morgan fingerprint density at radius 3 is 2.76 bits per heavy atom. The molecule has 7 heteroatoms. The first-order chi connectivity index (χ1) is 12.1. The highest BCUT2D eigenvalue weighted by molar-refractivity contribution is 9.10. The molecule has 0 bridgehead atoms. The van der Waals surface area contributed by atoms with Crippen molar-refractivity contribution in [1.82, 2.24) is 0 Å². The number of ether oxygens (including phenoxy) is 4. The molecule has 0 aromatic heterocycles. The fraction of sp³-hybridized carbons (Fsp3) is 0.167. The molecule has 5 nitrogen and oxygen atoms in total. The van der Waals surface area contributed by atoms with Gasteiger partial charge in [0.25, 0.3) is 0 Å². The van der Waals surface area contributed by atoms with Crippen molar-refractivity contribution >= 4 is 28.0 Å². The molecule has 0 saturated heterocycles. The molecule has 25 heavy (non-hydrogen) atoms. The molecule has 0 unspecified atom stereocenters. The summed E-state index contributed by atoms with van der Waals surface area (Å²) in [6, 6.07) is 7.92. The number of hydrogen-bond donors (Lipinski definition) is 0. The minimum Gasteiger partial charge on any atom is -0.494 e. The molecule has 0 radical (unpaired) electrons. The van der Waals surface area contributed by atoms with Crippen LogP contribution < -0.4 is 14.2 Å². The van der Waals surface area contributed by atoms with Gasteiger partial charge in [0, 0.05) is 16.1 Å². The highest BCUT2D eigenvalue weighted by Crippen LogP contribution is 2.37. The standard InChI is InChI=1S/C18H14BrFO5/c1-22-15-4-2-11(6-14(15)20)3-5-18(21)23-9-12-7-16-17(8-13(12)19)25-10-24-16/h2-8H,9-10H2,1H3/b5-3+. The lowest BCUT2D eigenvalue weighted by Crippen LogP contribution is -2.01. The van der Waals surface area contributed by atoms with Crippen molar-refractivity contribution in [2.24, 2.45) is 0 Å². The highest BCUT2D eigenvalue weighted by atomic mass is 79.9. The minimum absolute atomic E-state index is 0.0668. The van der Waals surface area contributed by atoms with E-state index in [4.69, 9.17) is 18.9 Å². The summed E-state index contributed by atoms with van der Waals surface area (Å²) in [5.74, 6) is 0.359. The Morgan fingerprint density at radius 1 is 1.28 bits per heavy atom. The van der Waals surface area contributed by atoms with Crippen LogP contribution in [0.1, 0.15) is 11.1 Å². The zero-order chi connectivity index (χ0) is 17.8. The van der Waals surface area contributed by atoms with E-state index in [0.29, 0.717) is 17.1 Å². The molecular formula is C18H14BrFO5. The summed E-state index contributed by atoms with van der Waals surface area (Å²) in [5.41, 5.74) is 1.28. The number of esters is 1. The predicted molar refractivity (Wildman–Crippen MR) is 92.0 cm³/mol. The maximum atomic E-state index is 13.6. The van der Waals surface area contributed by atoms with Gasteiger partial charge in [0.15, 0.2) is 23.1 Å². The van der Waals surface area contributed by atoms with Crippen LogP contribution in [0.2, 0.25) is 0 Å². The van der Waals surface area contributed by atoms with Crippen molar-refractivity contribution in [3.63, 3.8) is 0 Å². The molecule has 130 valence electrons. The Kier molecular flexibility index (Phi) is 5.23. The van der Waals surface area contributed by atoms with Gasteiger partial charge in [-0.05, 0) is 35.9 Å². The third-order valence-electron chi connectivity index (χ3n) is 3.50. The van der Waals surface area contributed by atoms with Crippen molar-refractivity contribution < 1.29 is 28.1 Å². The number of benzene rings is 2. The predicted octanol–water partition coefficient (Wildman–Crippen LogP) is 4.08. The Bertz CT molecular complexity index is 834. The third kappa shape index (κ3) is 4.11. The summed E-state index contributed by atoms with van der Waals surface area (Å²) in [7, 11) is 1.39. The maximum Gasteiger partial charge on any atom is 0.331 e. The van der Waals surface area contributed by atoms with E-state index in [0.717, 1.165) is 10.0 Å². The summed E-state index contributed by atoms with van der Waals surface area (Å²) in [6.45, 7) is 0.240. The summed E-state index contributed by atoms with van der Waals surface area (Å²) in [6.07, 6.45) is 2.71. The van der Waals surface area contributed by atoms with E-state index >= 15 is 0 Å². The molecule has 0 N–H and O–H groups in total. The molecule has 1 heterocycles. The van der Waals surface area contributed by atoms with Crippen molar-refractivity contribution in [3.8, 4) is 17.2 Å². The van der Waals surface area contributed by atoms with Crippen LogP contribution >= 0.6 is 15.9 Å². The van der Waals surface area contributed by atoms with Gasteiger partial charge in [-0.2, -0.15) is 0 Å². The molecule has 3 rings (SSSR count). The van der Waals surface area contributed by atoms with Crippen LogP contribution in [0.25, 0.3) is 6.08 Å². The van der Waals surface area contributed by atoms with Crippen LogP contribution in [-0.4, -0.2) is 19.9 Å². The smallest absolute Gasteiger partial charge is 0.331 e. The molecule has 2 aromatic rings. The Balaban J connectivity index is 1.60. The molecule has 0 spiro atoms. The van der Waals surface area contributed by atoms with E-state index in [1.165, 1.54) is 31.4 Å². The fourth-order valence-electron chi connectivity index (χ4n) is 2.22. The Morgan fingerprint density at radius 2 is 2.04 bits per heavy atom. The normalized spacial score (nSPS) is 12.4. The molecule has 1 aliphatic rings. The van der Waals surface area contributed by atoms with Crippen LogP contribution in [0.3, 0.4) is 0 Å². The van der Waals surface area contributed by atoms with Crippen molar-refractivity contribution in [2.45, 2.75) is 6.61 Å². The SMILES string of the molecule is COc1ccc(/C=C/C(=O)OCc2cc3c(cc2Br)OCO3)cc1F. The summed E-state index contributed by atoms with van der Waals surface area (Å²) >= 11 is 3.40. The van der Waals surface area contributed by atoms with Crippen molar-refractivity contribution in [2.75, 3.05) is 13.9 Å². The summed E-state index contributed by atoms with van der Waals surface area (Å²) < 4.78 is 34.9. The van der Waals surface area contributed by atoms with Crippen LogP contribution in [0.4, 0.5) is 4.39 Å². The first-order valence-electron chi connectivity index (χ1n) is 7.33. The fourth-order valence-corrected chi connectivity index (χ4v) is 2.65. The van der Waals surface area contributed by atoms with Crippen molar-refractivity contribution in [1.29, 1.82) is 0 Å². The van der Waals surface area contributed by atoms with E-state index in [1.54, 1.807) is 18.2 Å². The largest absolute Gasteiger partial charge is 0.494 e. The molecule has 0 fully saturated rings. The Labute approximate surface area is 152 Å². The van der Waals surface area contributed by atoms with Gasteiger partial charge < -0.3 is 18.9 Å². The van der Waals surface area contributed by atoms with Gasteiger partial charge in [-0.3, -0.25) is 0 Å². The third-order valence-corrected chi connectivity index (χ3v) is 4.24. The zero-order valence-electron chi connectivity index (χ0n) is 13.3. The van der Waals surface area contributed by atoms with Gasteiger partial charge in [0.1, 0.15) is 6.61 Å². The average molecular weight is 409 g/mol. The lowest BCUT2D eigenvalue weighted by Gasteiger charge is -2.06. The summed E-state index contributed by atoms with van der Waals surface area (Å²) in [4.78, 5) is 11.8. The Hall–Kier alpha value is -2.54. The number of carbonyl (C=O) groups excluding carboxylic acids is 1. The first kappa shape index (κ1) is 17.3. The molecule has 0 amide bonds. The highest BCUT2D eigenvalue weighted by Gasteiger charge is 2.16. The number of fused-ring (bicyclic) bond motifs is 1. The van der Waals surface area contributed by atoms with Gasteiger partial charge >= 0.3 is 5.97 Å².